The summed E-state index contributed by atoms with van der Waals surface area (Å²) in [4.78, 5) is 0. The minimum absolute atomic E-state index is 0.377. The monoisotopic (exact) mass is 263 g/mol. The summed E-state index contributed by atoms with van der Waals surface area (Å²) < 4.78 is 38.9. The van der Waals surface area contributed by atoms with Crippen molar-refractivity contribution < 1.29 is 18.3 Å². The molecule has 7 heteroatoms. The van der Waals surface area contributed by atoms with E-state index in [1.54, 1.807) is 0 Å². The van der Waals surface area contributed by atoms with Crippen molar-refractivity contribution in [3.05, 3.63) is 17.5 Å². The van der Waals surface area contributed by atoms with Gasteiger partial charge in [-0.2, -0.15) is 18.3 Å². The van der Waals surface area contributed by atoms with E-state index in [9.17, 15) is 18.3 Å². The highest BCUT2D eigenvalue weighted by molar-refractivity contribution is 5.21. The largest absolute Gasteiger partial charge is 0.435 e. The number of hydrogen-bond donors (Lipinski definition) is 2. The van der Waals surface area contributed by atoms with Crippen LogP contribution in [0.3, 0.4) is 0 Å². The molecule has 1 aromatic heterocycles. The quantitative estimate of drug-likeness (QED) is 0.807. The van der Waals surface area contributed by atoms with Crippen molar-refractivity contribution in [2.45, 2.75) is 43.5 Å². The van der Waals surface area contributed by atoms with Gasteiger partial charge in [0.1, 0.15) is 0 Å². The predicted molar refractivity (Wildman–Crippen MR) is 58.6 cm³/mol. The number of aliphatic hydroxyl groups is 1. The first kappa shape index (κ1) is 13.4. The molecule has 2 rings (SSSR count). The number of halogens is 3. The standard InChI is InChI=1S/C11H16F3N3O/c1-17-9(6-8(16-17)11(12,13)14)10(15)4-2-7(18)3-5-10/h6-7,18H,2-5,15H2,1H3. The predicted octanol–water partition coefficient (Wildman–Crippen LogP) is 1.53. The molecule has 0 atom stereocenters. The highest BCUT2D eigenvalue weighted by atomic mass is 19.4. The lowest BCUT2D eigenvalue weighted by Crippen LogP contribution is -2.43. The first-order valence-corrected chi connectivity index (χ1v) is 5.81. The van der Waals surface area contributed by atoms with Crippen molar-refractivity contribution in [1.29, 1.82) is 0 Å². The molecular formula is C11H16F3N3O. The summed E-state index contributed by atoms with van der Waals surface area (Å²) >= 11 is 0. The van der Waals surface area contributed by atoms with E-state index < -0.39 is 23.5 Å². The molecule has 0 aliphatic heterocycles. The topological polar surface area (TPSA) is 64.1 Å². The van der Waals surface area contributed by atoms with Crippen LogP contribution in [0.25, 0.3) is 0 Å². The van der Waals surface area contributed by atoms with Crippen LogP contribution in [0.1, 0.15) is 37.1 Å². The fourth-order valence-corrected chi connectivity index (χ4v) is 2.45. The molecule has 0 saturated heterocycles. The third kappa shape index (κ3) is 2.37. The van der Waals surface area contributed by atoms with Gasteiger partial charge in [-0.25, -0.2) is 0 Å². The van der Waals surface area contributed by atoms with Crippen molar-refractivity contribution in [2.24, 2.45) is 12.8 Å². The SMILES string of the molecule is Cn1nc(C(F)(F)F)cc1C1(N)CCC(O)CC1. The Balaban J connectivity index is 2.31. The smallest absolute Gasteiger partial charge is 0.393 e. The molecule has 1 saturated carbocycles. The first-order chi connectivity index (χ1) is 8.22. The number of nitrogens with two attached hydrogens (primary N) is 1. The van der Waals surface area contributed by atoms with Gasteiger partial charge in [0, 0.05) is 7.05 Å². The van der Waals surface area contributed by atoms with Gasteiger partial charge in [0.2, 0.25) is 0 Å². The average Bonchev–Trinajstić information content (AvgIpc) is 2.65. The Morgan fingerprint density at radius 1 is 1.44 bits per heavy atom. The van der Waals surface area contributed by atoms with Crippen LogP contribution in [0.15, 0.2) is 6.07 Å². The molecule has 4 nitrogen and oxygen atoms in total. The van der Waals surface area contributed by atoms with Crippen LogP contribution in [0.2, 0.25) is 0 Å². The zero-order chi connectivity index (χ0) is 13.6. The van der Waals surface area contributed by atoms with Crippen molar-refractivity contribution in [2.75, 3.05) is 0 Å². The molecule has 3 N–H and O–H groups in total. The van der Waals surface area contributed by atoms with E-state index >= 15 is 0 Å². The van der Waals surface area contributed by atoms with Crippen molar-refractivity contribution in [1.82, 2.24) is 9.78 Å². The Bertz CT molecular complexity index is 433. The molecule has 1 fully saturated rings. The zero-order valence-electron chi connectivity index (χ0n) is 10.0. The molecule has 18 heavy (non-hydrogen) atoms. The molecule has 1 aliphatic carbocycles. The van der Waals surface area contributed by atoms with Crippen LogP contribution in [0.4, 0.5) is 13.2 Å². The van der Waals surface area contributed by atoms with Crippen LogP contribution >= 0.6 is 0 Å². The fraction of sp³-hybridized carbons (Fsp3) is 0.727. The Labute approximate surface area is 103 Å². The Morgan fingerprint density at radius 2 is 2.00 bits per heavy atom. The Morgan fingerprint density at radius 3 is 2.44 bits per heavy atom. The van der Waals surface area contributed by atoms with E-state index in [4.69, 9.17) is 5.73 Å². The van der Waals surface area contributed by atoms with Crippen molar-refractivity contribution in [3.8, 4) is 0 Å². The number of aryl methyl sites for hydroxylation is 1. The second-order valence-corrected chi connectivity index (χ2v) is 4.92. The third-order valence-corrected chi connectivity index (χ3v) is 3.53. The summed E-state index contributed by atoms with van der Waals surface area (Å²) in [7, 11) is 1.46. The normalized spacial score (nSPS) is 29.6. The highest BCUT2D eigenvalue weighted by Crippen LogP contribution is 2.37. The third-order valence-electron chi connectivity index (χ3n) is 3.53. The second-order valence-electron chi connectivity index (χ2n) is 4.92. The van der Waals surface area contributed by atoms with E-state index in [0.717, 1.165) is 6.07 Å². The van der Waals surface area contributed by atoms with Gasteiger partial charge in [-0.1, -0.05) is 0 Å². The van der Waals surface area contributed by atoms with Crippen LogP contribution in [0.5, 0.6) is 0 Å². The van der Waals surface area contributed by atoms with Crippen molar-refractivity contribution >= 4 is 0 Å². The average molecular weight is 263 g/mol. The summed E-state index contributed by atoms with van der Waals surface area (Å²) in [6, 6.07) is 1.01. The highest BCUT2D eigenvalue weighted by Gasteiger charge is 2.40. The van der Waals surface area contributed by atoms with Crippen LogP contribution in [-0.4, -0.2) is 21.0 Å². The lowest BCUT2D eigenvalue weighted by atomic mass is 9.79. The van der Waals surface area contributed by atoms with E-state index in [1.807, 2.05) is 0 Å². The van der Waals surface area contributed by atoms with Gasteiger partial charge >= 0.3 is 6.18 Å². The molecule has 0 radical (unpaired) electrons. The van der Waals surface area contributed by atoms with E-state index in [0.29, 0.717) is 31.4 Å². The van der Waals surface area contributed by atoms with Crippen LogP contribution in [0, 0.1) is 0 Å². The van der Waals surface area contributed by atoms with Gasteiger partial charge in [-0.05, 0) is 31.7 Å². The molecule has 0 spiro atoms. The number of aliphatic hydroxyl groups excluding tert-OH is 1. The second kappa shape index (κ2) is 4.24. The number of hydrogen-bond acceptors (Lipinski definition) is 3. The lowest BCUT2D eigenvalue weighted by Gasteiger charge is -2.35. The maximum absolute atomic E-state index is 12.6. The lowest BCUT2D eigenvalue weighted by molar-refractivity contribution is -0.141. The molecule has 1 aliphatic rings. The van der Waals surface area contributed by atoms with Gasteiger partial charge in [-0.15, -0.1) is 0 Å². The van der Waals surface area contributed by atoms with Gasteiger partial charge in [0.15, 0.2) is 5.69 Å². The molecule has 0 unspecified atom stereocenters. The number of nitrogens with zero attached hydrogens (tertiary/aromatic N) is 2. The maximum Gasteiger partial charge on any atom is 0.435 e. The minimum atomic E-state index is -4.46. The number of rotatable bonds is 1. The van der Waals surface area contributed by atoms with Crippen LogP contribution < -0.4 is 5.73 Å². The Kier molecular flexibility index (Phi) is 3.14. The molecule has 1 heterocycles. The summed E-state index contributed by atoms with van der Waals surface area (Å²) in [6.07, 6.45) is -2.93. The van der Waals surface area contributed by atoms with E-state index in [2.05, 4.69) is 5.10 Å². The van der Waals surface area contributed by atoms with Gasteiger partial charge in [-0.3, -0.25) is 4.68 Å². The van der Waals surface area contributed by atoms with Crippen molar-refractivity contribution in [3.63, 3.8) is 0 Å². The summed E-state index contributed by atoms with van der Waals surface area (Å²) in [5, 5.41) is 12.9. The van der Waals surface area contributed by atoms with Crippen LogP contribution in [-0.2, 0) is 18.8 Å². The zero-order valence-corrected chi connectivity index (χ0v) is 10.0. The number of alkyl halides is 3. The molecule has 0 amide bonds. The molecule has 0 aromatic carbocycles. The fourth-order valence-electron chi connectivity index (χ4n) is 2.45. The van der Waals surface area contributed by atoms with E-state index in [1.165, 1.54) is 11.7 Å². The van der Waals surface area contributed by atoms with E-state index in [-0.39, 0.29) is 0 Å². The summed E-state index contributed by atoms with van der Waals surface area (Å²) in [5.41, 5.74) is 4.79. The molecular weight excluding hydrogens is 247 g/mol. The summed E-state index contributed by atoms with van der Waals surface area (Å²) in [6.45, 7) is 0. The molecule has 1 aromatic rings. The molecule has 0 bridgehead atoms. The number of aromatic nitrogens is 2. The minimum Gasteiger partial charge on any atom is -0.393 e. The Hall–Kier alpha value is -1.08. The maximum atomic E-state index is 12.6. The van der Waals surface area contributed by atoms with Gasteiger partial charge in [0.25, 0.3) is 0 Å². The molecule has 102 valence electrons. The first-order valence-electron chi connectivity index (χ1n) is 5.81. The van der Waals surface area contributed by atoms with Gasteiger partial charge < -0.3 is 10.8 Å². The summed E-state index contributed by atoms with van der Waals surface area (Å²) in [5.74, 6) is 0. The van der Waals surface area contributed by atoms with Gasteiger partial charge in [0.05, 0.1) is 17.3 Å².